The van der Waals surface area contributed by atoms with E-state index in [1.807, 2.05) is 0 Å². The van der Waals surface area contributed by atoms with Crippen LogP contribution in [0.4, 0.5) is 0 Å². The molecular weight excluding hydrogens is 220 g/mol. The lowest BCUT2D eigenvalue weighted by atomic mass is 10.3. The Morgan fingerprint density at radius 2 is 1.50 bits per heavy atom. The molecule has 0 amide bonds. The van der Waals surface area contributed by atoms with Gasteiger partial charge in [0, 0.05) is 23.0 Å². The summed E-state index contributed by atoms with van der Waals surface area (Å²) in [5.41, 5.74) is 15.4. The molecule has 0 radical (unpaired) electrons. The van der Waals surface area contributed by atoms with Crippen LogP contribution in [0.15, 0.2) is 10.2 Å². The minimum atomic E-state index is -1.69. The minimum absolute atomic E-state index is 0.195. The molecule has 0 fully saturated rings. The minimum Gasteiger partial charge on any atom is -0.481 e. The second-order valence-corrected chi connectivity index (χ2v) is 2.28. The third-order valence-corrected chi connectivity index (χ3v) is 1.11. The topological polar surface area (TPSA) is 175 Å². The summed E-state index contributed by atoms with van der Waals surface area (Å²) in [4.78, 5) is 14.3. The Labute approximate surface area is 90.4 Å². The second-order valence-electron chi connectivity index (χ2n) is 2.28. The number of hydrogen-bond donors (Lipinski definition) is 3. The van der Waals surface area contributed by atoms with Crippen LogP contribution in [0.5, 0.6) is 0 Å². The van der Waals surface area contributed by atoms with E-state index in [2.05, 4.69) is 20.1 Å². The third kappa shape index (κ3) is 12.0. The molecule has 0 atom stereocenters. The number of unbranched alkanes of at least 4 members (excludes halogenated alkanes) is 1. The molecule has 0 rings (SSSR count). The Morgan fingerprint density at radius 3 is 1.69 bits per heavy atom. The molecule has 0 heterocycles. The van der Waals surface area contributed by atoms with Gasteiger partial charge in [-0.25, -0.2) is 0 Å². The SMILES string of the molecule is OCCCCO.[N-]=[N+]=NC(N=[N+]=[N-])C(=O)O. The van der Waals surface area contributed by atoms with Gasteiger partial charge in [-0.3, -0.25) is 4.79 Å². The molecule has 90 valence electrons. The summed E-state index contributed by atoms with van der Waals surface area (Å²) in [5, 5.41) is 29.6. The van der Waals surface area contributed by atoms with E-state index in [9.17, 15) is 4.79 Å². The number of aliphatic carboxylic acids is 1. The Bertz CT molecular complexity index is 258. The molecule has 0 aliphatic rings. The molecule has 0 unspecified atom stereocenters. The summed E-state index contributed by atoms with van der Waals surface area (Å²) in [6.07, 6.45) is -0.248. The number of carbonyl (C=O) groups is 1. The maximum atomic E-state index is 9.95. The molecule has 0 aromatic rings. The van der Waals surface area contributed by atoms with Crippen molar-refractivity contribution in [3.63, 3.8) is 0 Å². The average Bonchev–Trinajstić information content (AvgIpc) is 2.26. The van der Waals surface area contributed by atoms with Crippen LogP contribution in [0.3, 0.4) is 0 Å². The zero-order chi connectivity index (χ0) is 12.8. The molecule has 16 heavy (non-hydrogen) atoms. The van der Waals surface area contributed by atoms with Crippen LogP contribution in [0, 0.1) is 0 Å². The fourth-order valence-electron chi connectivity index (χ4n) is 0.443. The highest BCUT2D eigenvalue weighted by Gasteiger charge is 2.11. The van der Waals surface area contributed by atoms with Crippen molar-refractivity contribution in [3.05, 3.63) is 20.9 Å². The molecule has 10 heteroatoms. The highest BCUT2D eigenvalue weighted by Crippen LogP contribution is 1.93. The van der Waals surface area contributed by atoms with Gasteiger partial charge in [0.15, 0.2) is 0 Å². The summed E-state index contributed by atoms with van der Waals surface area (Å²) in [6, 6.07) is 0. The number of aliphatic hydroxyl groups is 2. The van der Waals surface area contributed by atoms with E-state index in [0.717, 1.165) is 12.8 Å². The zero-order valence-corrected chi connectivity index (χ0v) is 8.34. The van der Waals surface area contributed by atoms with E-state index in [-0.39, 0.29) is 13.2 Å². The lowest BCUT2D eigenvalue weighted by Crippen LogP contribution is -2.12. The zero-order valence-electron chi connectivity index (χ0n) is 8.34. The van der Waals surface area contributed by atoms with Crippen LogP contribution in [-0.4, -0.2) is 40.7 Å². The van der Waals surface area contributed by atoms with Crippen molar-refractivity contribution in [3.8, 4) is 0 Å². The van der Waals surface area contributed by atoms with Crippen LogP contribution in [0.1, 0.15) is 12.8 Å². The van der Waals surface area contributed by atoms with Gasteiger partial charge in [-0.2, -0.15) is 0 Å². The second kappa shape index (κ2) is 13.0. The van der Waals surface area contributed by atoms with Crippen LogP contribution in [-0.2, 0) is 4.79 Å². The molecule has 3 N–H and O–H groups in total. The van der Waals surface area contributed by atoms with E-state index in [0.29, 0.717) is 0 Å². The number of azide groups is 1. The summed E-state index contributed by atoms with van der Waals surface area (Å²) < 4.78 is 0. The monoisotopic (exact) mass is 232 g/mol. The van der Waals surface area contributed by atoms with Gasteiger partial charge in [-0.15, -0.1) is 0 Å². The van der Waals surface area contributed by atoms with Crippen molar-refractivity contribution in [2.75, 3.05) is 13.2 Å². The van der Waals surface area contributed by atoms with Gasteiger partial charge >= 0.3 is 5.97 Å². The number of hydrogen-bond acceptors (Lipinski definition) is 5. The molecule has 0 aliphatic heterocycles. The van der Waals surface area contributed by atoms with Crippen molar-refractivity contribution >= 4 is 5.97 Å². The van der Waals surface area contributed by atoms with E-state index < -0.39 is 12.1 Å². The van der Waals surface area contributed by atoms with E-state index in [1.165, 1.54) is 0 Å². The molecule has 0 saturated heterocycles. The third-order valence-electron chi connectivity index (χ3n) is 1.11. The van der Waals surface area contributed by atoms with Gasteiger partial charge in [-0.1, -0.05) is 10.2 Å². The van der Waals surface area contributed by atoms with Crippen molar-refractivity contribution in [1.82, 2.24) is 0 Å². The smallest absolute Gasteiger partial charge is 0.318 e. The summed E-state index contributed by atoms with van der Waals surface area (Å²) >= 11 is 0. The van der Waals surface area contributed by atoms with E-state index in [1.54, 1.807) is 0 Å². The Morgan fingerprint density at radius 1 is 1.12 bits per heavy atom. The number of carboxylic acid groups (broad SMARTS) is 1. The average molecular weight is 232 g/mol. The van der Waals surface area contributed by atoms with Crippen molar-refractivity contribution in [2.24, 2.45) is 10.2 Å². The number of rotatable bonds is 6. The molecular formula is C6H12N6O4. The normalized spacial score (nSPS) is 9.88. The van der Waals surface area contributed by atoms with Crippen LogP contribution < -0.4 is 0 Å². The van der Waals surface area contributed by atoms with Crippen LogP contribution in [0.25, 0.3) is 20.9 Å². The Balaban J connectivity index is 0. The molecule has 0 spiro atoms. The molecule has 0 aromatic heterocycles. The first-order chi connectivity index (χ1) is 7.63. The van der Waals surface area contributed by atoms with Gasteiger partial charge < -0.3 is 15.3 Å². The van der Waals surface area contributed by atoms with Gasteiger partial charge in [-0.05, 0) is 23.9 Å². The van der Waals surface area contributed by atoms with Crippen molar-refractivity contribution < 1.29 is 20.1 Å². The maximum Gasteiger partial charge on any atom is 0.318 e. The molecule has 0 aliphatic carbocycles. The van der Waals surface area contributed by atoms with Crippen LogP contribution >= 0.6 is 0 Å². The quantitative estimate of drug-likeness (QED) is 0.265. The van der Waals surface area contributed by atoms with Crippen LogP contribution in [0.2, 0.25) is 0 Å². The predicted octanol–water partition coefficient (Wildman–Crippen LogP) is 0.769. The predicted molar refractivity (Wildman–Crippen MR) is 53.1 cm³/mol. The van der Waals surface area contributed by atoms with Gasteiger partial charge in [0.2, 0.25) is 6.17 Å². The highest BCUT2D eigenvalue weighted by atomic mass is 16.4. The number of carboxylic acids is 1. The fourth-order valence-corrected chi connectivity index (χ4v) is 0.443. The lowest BCUT2D eigenvalue weighted by Gasteiger charge is -1.91. The first kappa shape index (κ1) is 16.4. The van der Waals surface area contributed by atoms with E-state index in [4.69, 9.17) is 26.4 Å². The Kier molecular flexibility index (Phi) is 13.4. The van der Waals surface area contributed by atoms with Crippen molar-refractivity contribution in [2.45, 2.75) is 19.0 Å². The summed E-state index contributed by atoms with van der Waals surface area (Å²) in [6.45, 7) is 0.390. The lowest BCUT2D eigenvalue weighted by molar-refractivity contribution is -0.138. The summed E-state index contributed by atoms with van der Waals surface area (Å²) in [7, 11) is 0. The fraction of sp³-hybridized carbons (Fsp3) is 0.833. The number of nitrogens with zero attached hydrogens (tertiary/aromatic N) is 6. The molecule has 0 saturated carbocycles. The van der Waals surface area contributed by atoms with E-state index >= 15 is 0 Å². The van der Waals surface area contributed by atoms with Gasteiger partial charge in [0.25, 0.3) is 0 Å². The maximum absolute atomic E-state index is 9.95. The van der Waals surface area contributed by atoms with Gasteiger partial charge in [0.1, 0.15) is 0 Å². The highest BCUT2D eigenvalue weighted by molar-refractivity contribution is 5.73. The summed E-state index contributed by atoms with van der Waals surface area (Å²) in [5.74, 6) is -1.48. The van der Waals surface area contributed by atoms with Crippen molar-refractivity contribution in [1.29, 1.82) is 0 Å². The molecule has 0 aromatic carbocycles. The first-order valence-corrected chi connectivity index (χ1v) is 4.17. The molecule has 10 nitrogen and oxygen atoms in total. The van der Waals surface area contributed by atoms with Gasteiger partial charge in [0.05, 0.1) is 0 Å². The molecule has 0 bridgehead atoms. The first-order valence-electron chi connectivity index (χ1n) is 4.17. The standard InChI is InChI=1S/C4H10O2.C2H2N6O2/c5-3-1-2-4-6;3-7-5-1(2(9)10)6-8-4/h5-6H,1-4H2;1H,(H,9,10). The largest absolute Gasteiger partial charge is 0.481 e. The number of aliphatic hydroxyl groups excluding tert-OH is 2. The Hall–Kier alpha value is -1.99.